The number of carbonyl (C=O) groups excluding carboxylic acids is 1. The number of phenols is 1. The van der Waals surface area contributed by atoms with E-state index in [4.69, 9.17) is 4.74 Å². The van der Waals surface area contributed by atoms with E-state index in [1.165, 1.54) is 29.7 Å². The normalized spacial score (nSPS) is 15.5. The number of carbonyl (C=O) groups is 1. The van der Waals surface area contributed by atoms with Crippen molar-refractivity contribution in [3.63, 3.8) is 0 Å². The summed E-state index contributed by atoms with van der Waals surface area (Å²) in [5, 5.41) is 14.4. The summed E-state index contributed by atoms with van der Waals surface area (Å²) in [6.07, 6.45) is 11.1. The molecule has 3 aromatic rings. The number of aromatic hydroxyl groups is 1. The number of ether oxygens (including phenoxy) is 1. The maximum absolute atomic E-state index is 12.1. The van der Waals surface area contributed by atoms with Gasteiger partial charge in [0, 0.05) is 41.8 Å². The van der Waals surface area contributed by atoms with Crippen molar-refractivity contribution in [3.8, 4) is 11.5 Å². The number of para-hydroxylation sites is 2. The molecule has 3 N–H and O–H groups in total. The molecule has 0 atom stereocenters. The number of hydrogen-bond donors (Lipinski definition) is 3. The molecule has 1 aliphatic heterocycles. The number of fused-ring (bicyclic) bond motifs is 1. The summed E-state index contributed by atoms with van der Waals surface area (Å²) in [5.74, 6) is 0.973. The third kappa shape index (κ3) is 5.65. The van der Waals surface area contributed by atoms with Crippen LogP contribution >= 0.6 is 0 Å². The van der Waals surface area contributed by atoms with E-state index in [1.54, 1.807) is 36.4 Å². The predicted molar refractivity (Wildman–Crippen MR) is 133 cm³/mol. The standard InChI is InChI=1S/C27H31N3O3/c1-33-25-11-6-8-21(27(25)32)7-2-5-12-26(31)28-15-18-30-16-13-20(14-17-30)23-19-29-24-10-4-3-9-22(23)24/h2-12,19-20,29,32H,13-18H2,1H3,(H,28,31)/b7-2+,12-5+. The molecule has 0 radical (unpaired) electrons. The number of likely N-dealkylation sites (tertiary alicyclic amines) is 1. The average Bonchev–Trinajstić information content (AvgIpc) is 3.27. The van der Waals surface area contributed by atoms with E-state index in [2.05, 4.69) is 45.7 Å². The summed E-state index contributed by atoms with van der Waals surface area (Å²) in [6.45, 7) is 3.57. The van der Waals surface area contributed by atoms with Crippen LogP contribution in [0.25, 0.3) is 17.0 Å². The Balaban J connectivity index is 1.18. The van der Waals surface area contributed by atoms with Gasteiger partial charge >= 0.3 is 0 Å². The summed E-state index contributed by atoms with van der Waals surface area (Å²) >= 11 is 0. The number of H-pyrrole nitrogens is 1. The van der Waals surface area contributed by atoms with Gasteiger partial charge < -0.3 is 25.0 Å². The fourth-order valence-corrected chi connectivity index (χ4v) is 4.44. The van der Waals surface area contributed by atoms with Crippen LogP contribution in [0.4, 0.5) is 0 Å². The van der Waals surface area contributed by atoms with E-state index in [1.807, 2.05) is 0 Å². The Kier molecular flexibility index (Phi) is 7.47. The first kappa shape index (κ1) is 22.7. The molecule has 1 fully saturated rings. The molecule has 2 aromatic carbocycles. The van der Waals surface area contributed by atoms with Crippen LogP contribution in [0.5, 0.6) is 11.5 Å². The van der Waals surface area contributed by atoms with Crippen molar-refractivity contribution >= 4 is 22.9 Å². The molecule has 172 valence electrons. The Morgan fingerprint density at radius 3 is 2.82 bits per heavy atom. The molecule has 6 heteroatoms. The molecule has 4 rings (SSSR count). The molecular formula is C27H31N3O3. The minimum atomic E-state index is -0.122. The number of aromatic nitrogens is 1. The van der Waals surface area contributed by atoms with E-state index < -0.39 is 0 Å². The second kappa shape index (κ2) is 10.9. The molecule has 1 aromatic heterocycles. The topological polar surface area (TPSA) is 77.6 Å². The quantitative estimate of drug-likeness (QED) is 0.354. The number of amides is 1. The lowest BCUT2D eigenvalue weighted by atomic mass is 9.89. The van der Waals surface area contributed by atoms with Gasteiger partial charge in [0.05, 0.1) is 7.11 Å². The molecule has 0 bridgehead atoms. The molecule has 0 unspecified atom stereocenters. The number of piperidine rings is 1. The highest BCUT2D eigenvalue weighted by Gasteiger charge is 2.22. The van der Waals surface area contributed by atoms with E-state index in [9.17, 15) is 9.90 Å². The lowest BCUT2D eigenvalue weighted by molar-refractivity contribution is -0.116. The zero-order chi connectivity index (χ0) is 23.0. The first-order valence-corrected chi connectivity index (χ1v) is 11.4. The van der Waals surface area contributed by atoms with Gasteiger partial charge in [-0.3, -0.25) is 4.79 Å². The Morgan fingerprint density at radius 1 is 1.18 bits per heavy atom. The van der Waals surface area contributed by atoms with Crippen LogP contribution in [0.2, 0.25) is 0 Å². The first-order valence-electron chi connectivity index (χ1n) is 11.4. The number of allylic oxidation sites excluding steroid dienone is 2. The van der Waals surface area contributed by atoms with Gasteiger partial charge in [-0.05, 0) is 49.5 Å². The molecule has 0 spiro atoms. The maximum atomic E-state index is 12.1. The van der Waals surface area contributed by atoms with Crippen LogP contribution in [-0.2, 0) is 4.79 Å². The van der Waals surface area contributed by atoms with Gasteiger partial charge in [-0.15, -0.1) is 0 Å². The van der Waals surface area contributed by atoms with Gasteiger partial charge in [-0.25, -0.2) is 0 Å². The minimum Gasteiger partial charge on any atom is -0.504 e. The molecule has 33 heavy (non-hydrogen) atoms. The average molecular weight is 446 g/mol. The molecule has 1 saturated heterocycles. The number of rotatable bonds is 8. The monoisotopic (exact) mass is 445 g/mol. The van der Waals surface area contributed by atoms with Crippen LogP contribution in [0.1, 0.15) is 29.9 Å². The Labute approximate surface area is 194 Å². The third-order valence-electron chi connectivity index (χ3n) is 6.26. The summed E-state index contributed by atoms with van der Waals surface area (Å²) in [6, 6.07) is 13.8. The first-order chi connectivity index (χ1) is 16.2. The summed E-state index contributed by atoms with van der Waals surface area (Å²) in [7, 11) is 1.51. The van der Waals surface area contributed by atoms with E-state index in [0.717, 1.165) is 32.5 Å². The summed E-state index contributed by atoms with van der Waals surface area (Å²) in [4.78, 5) is 17.9. The third-order valence-corrected chi connectivity index (χ3v) is 6.26. The van der Waals surface area contributed by atoms with Crippen molar-refractivity contribution in [1.29, 1.82) is 0 Å². The van der Waals surface area contributed by atoms with Crippen molar-refractivity contribution < 1.29 is 14.6 Å². The lowest BCUT2D eigenvalue weighted by Crippen LogP contribution is -2.38. The minimum absolute atomic E-state index is 0.0857. The Hall–Kier alpha value is -3.51. The number of phenolic OH excluding ortho intramolecular Hbond substituents is 1. The summed E-state index contributed by atoms with van der Waals surface area (Å²) < 4.78 is 5.09. The van der Waals surface area contributed by atoms with E-state index in [0.29, 0.717) is 23.8 Å². The predicted octanol–water partition coefficient (Wildman–Crippen LogP) is 4.45. The van der Waals surface area contributed by atoms with E-state index in [-0.39, 0.29) is 11.7 Å². The molecule has 1 amide bonds. The van der Waals surface area contributed by atoms with Gasteiger partial charge in [-0.1, -0.05) is 48.6 Å². The van der Waals surface area contributed by atoms with Crippen molar-refractivity contribution in [2.75, 3.05) is 33.3 Å². The van der Waals surface area contributed by atoms with Gasteiger partial charge in [0.25, 0.3) is 0 Å². The molecule has 0 aliphatic carbocycles. The molecule has 2 heterocycles. The Bertz CT molecular complexity index is 1140. The zero-order valence-electron chi connectivity index (χ0n) is 19.0. The lowest BCUT2D eigenvalue weighted by Gasteiger charge is -2.31. The van der Waals surface area contributed by atoms with Crippen LogP contribution in [0.15, 0.2) is 66.9 Å². The number of methoxy groups -OCH3 is 1. The highest BCUT2D eigenvalue weighted by atomic mass is 16.5. The molecule has 0 saturated carbocycles. The molecule has 1 aliphatic rings. The van der Waals surface area contributed by atoms with Gasteiger partial charge in [-0.2, -0.15) is 0 Å². The maximum Gasteiger partial charge on any atom is 0.244 e. The highest BCUT2D eigenvalue weighted by Crippen LogP contribution is 2.33. The van der Waals surface area contributed by atoms with E-state index >= 15 is 0 Å². The van der Waals surface area contributed by atoms with Gasteiger partial charge in [0.1, 0.15) is 0 Å². The SMILES string of the molecule is COc1cccc(/C=C/C=C/C(=O)NCCN2CCC(c3c[nH]c4ccccc34)CC2)c1O. The number of aromatic amines is 1. The van der Waals surface area contributed by atoms with Crippen molar-refractivity contribution in [1.82, 2.24) is 15.2 Å². The number of nitrogens with one attached hydrogen (secondary N) is 2. The van der Waals surface area contributed by atoms with Crippen LogP contribution in [0, 0.1) is 0 Å². The number of hydrogen-bond acceptors (Lipinski definition) is 4. The van der Waals surface area contributed by atoms with Crippen LogP contribution in [-0.4, -0.2) is 54.2 Å². The fraction of sp³-hybridized carbons (Fsp3) is 0.296. The molecule has 6 nitrogen and oxygen atoms in total. The molecular weight excluding hydrogens is 414 g/mol. The van der Waals surface area contributed by atoms with Crippen molar-refractivity contribution in [2.45, 2.75) is 18.8 Å². The number of benzene rings is 2. The largest absolute Gasteiger partial charge is 0.504 e. The highest BCUT2D eigenvalue weighted by molar-refractivity contribution is 5.88. The van der Waals surface area contributed by atoms with Gasteiger partial charge in [0.15, 0.2) is 11.5 Å². The second-order valence-electron chi connectivity index (χ2n) is 8.31. The smallest absolute Gasteiger partial charge is 0.244 e. The van der Waals surface area contributed by atoms with Gasteiger partial charge in [0.2, 0.25) is 5.91 Å². The number of nitrogens with zero attached hydrogens (tertiary/aromatic N) is 1. The Morgan fingerprint density at radius 2 is 2.00 bits per heavy atom. The summed E-state index contributed by atoms with van der Waals surface area (Å²) in [5.41, 5.74) is 3.27. The van der Waals surface area contributed by atoms with Crippen molar-refractivity contribution in [2.24, 2.45) is 0 Å². The van der Waals surface area contributed by atoms with Crippen LogP contribution in [0.3, 0.4) is 0 Å². The van der Waals surface area contributed by atoms with Crippen LogP contribution < -0.4 is 10.1 Å². The van der Waals surface area contributed by atoms with Crippen molar-refractivity contribution in [3.05, 3.63) is 78.0 Å². The zero-order valence-corrected chi connectivity index (χ0v) is 19.0. The fourth-order valence-electron chi connectivity index (χ4n) is 4.44. The second-order valence-corrected chi connectivity index (χ2v) is 8.31.